The van der Waals surface area contributed by atoms with Gasteiger partial charge in [-0.2, -0.15) is 0 Å². The lowest BCUT2D eigenvalue weighted by Gasteiger charge is -2.50. The highest BCUT2D eigenvalue weighted by Gasteiger charge is 2.52. The highest BCUT2D eigenvalue weighted by Crippen LogP contribution is 2.46. The fourth-order valence-electron chi connectivity index (χ4n) is 3.89. The Labute approximate surface area is 129 Å². The summed E-state index contributed by atoms with van der Waals surface area (Å²) in [6.07, 6.45) is 5.27. The average molecular weight is 306 g/mol. The fraction of sp³-hybridized carbons (Fsp3) is 0.625. The van der Waals surface area contributed by atoms with E-state index >= 15 is 0 Å². The maximum Gasteiger partial charge on any atom is 0.228 e. The highest BCUT2D eigenvalue weighted by atomic mass is 32.1. The second-order valence-electron chi connectivity index (χ2n) is 6.18. The Bertz CT molecular complexity index is 528. The normalized spacial score (nSPS) is 29.1. The first-order valence-corrected chi connectivity index (χ1v) is 8.58. The Morgan fingerprint density at radius 1 is 1.48 bits per heavy atom. The van der Waals surface area contributed by atoms with Crippen LogP contribution in [-0.4, -0.2) is 29.8 Å². The molecule has 2 atom stereocenters. The van der Waals surface area contributed by atoms with Crippen LogP contribution in [0.1, 0.15) is 43.4 Å². The maximum atomic E-state index is 12.9. The van der Waals surface area contributed by atoms with Crippen molar-refractivity contribution in [2.24, 2.45) is 5.41 Å². The maximum absolute atomic E-state index is 12.9. The number of hydrogen-bond acceptors (Lipinski definition) is 3. The summed E-state index contributed by atoms with van der Waals surface area (Å²) in [6.45, 7) is 0.600. The van der Waals surface area contributed by atoms with Crippen molar-refractivity contribution in [2.45, 2.75) is 51.1 Å². The number of thiophene rings is 1. The first-order valence-electron chi connectivity index (χ1n) is 7.70. The lowest BCUT2D eigenvalue weighted by Crippen LogP contribution is -2.60. The number of rotatable bonds is 3. The van der Waals surface area contributed by atoms with E-state index in [2.05, 4.69) is 5.32 Å². The van der Waals surface area contributed by atoms with Crippen LogP contribution < -0.4 is 5.32 Å². The van der Waals surface area contributed by atoms with Crippen LogP contribution >= 0.6 is 11.3 Å². The molecule has 4 nitrogen and oxygen atoms in total. The van der Waals surface area contributed by atoms with Gasteiger partial charge in [0, 0.05) is 24.4 Å². The summed E-state index contributed by atoms with van der Waals surface area (Å²) in [4.78, 5) is 27.8. The van der Waals surface area contributed by atoms with E-state index in [0.717, 1.165) is 25.7 Å². The topological polar surface area (TPSA) is 49.4 Å². The molecule has 0 spiro atoms. The van der Waals surface area contributed by atoms with Crippen LogP contribution in [0.4, 0.5) is 0 Å². The predicted octanol–water partition coefficient (Wildman–Crippen LogP) is 2.55. The Hall–Kier alpha value is -1.36. The van der Waals surface area contributed by atoms with Crippen molar-refractivity contribution in [1.82, 2.24) is 10.2 Å². The third kappa shape index (κ3) is 2.59. The van der Waals surface area contributed by atoms with E-state index in [1.165, 1.54) is 4.88 Å². The summed E-state index contributed by atoms with van der Waals surface area (Å²) >= 11 is 1.66. The standard InChI is InChI=1S/C16H22N2O2S/c1-18-13-6-2-3-8-16(13,9-7-14(18)19)15(20)17-11-12-5-4-10-21-12/h4-5,10,13H,2-3,6-9,11H2,1H3,(H,17,20). The van der Waals surface area contributed by atoms with Crippen molar-refractivity contribution in [3.05, 3.63) is 22.4 Å². The number of carbonyl (C=O) groups is 2. The minimum Gasteiger partial charge on any atom is -0.351 e. The molecule has 2 unspecified atom stereocenters. The molecular formula is C16H22N2O2S. The van der Waals surface area contributed by atoms with Crippen LogP contribution in [0.5, 0.6) is 0 Å². The fourth-order valence-corrected chi connectivity index (χ4v) is 4.54. The van der Waals surface area contributed by atoms with Gasteiger partial charge in [-0.3, -0.25) is 9.59 Å². The Morgan fingerprint density at radius 3 is 3.10 bits per heavy atom. The third-order valence-electron chi connectivity index (χ3n) is 5.09. The Balaban J connectivity index is 1.75. The van der Waals surface area contributed by atoms with E-state index in [9.17, 15) is 9.59 Å². The van der Waals surface area contributed by atoms with Gasteiger partial charge in [-0.25, -0.2) is 0 Å². The molecule has 0 bridgehead atoms. The van der Waals surface area contributed by atoms with Gasteiger partial charge in [-0.15, -0.1) is 11.3 Å². The van der Waals surface area contributed by atoms with Gasteiger partial charge in [0.05, 0.1) is 12.0 Å². The highest BCUT2D eigenvalue weighted by molar-refractivity contribution is 7.09. The average Bonchev–Trinajstić information content (AvgIpc) is 3.02. The SMILES string of the molecule is CN1C(=O)CCC2(C(=O)NCc3cccs3)CCCCC12. The van der Waals surface area contributed by atoms with Crippen molar-refractivity contribution in [1.29, 1.82) is 0 Å². The Morgan fingerprint density at radius 2 is 2.33 bits per heavy atom. The van der Waals surface area contributed by atoms with Crippen molar-refractivity contribution in [2.75, 3.05) is 7.05 Å². The van der Waals surface area contributed by atoms with Gasteiger partial charge < -0.3 is 10.2 Å². The van der Waals surface area contributed by atoms with Gasteiger partial charge in [0.15, 0.2) is 0 Å². The van der Waals surface area contributed by atoms with E-state index in [-0.39, 0.29) is 23.3 Å². The lowest BCUT2D eigenvalue weighted by atomic mass is 9.64. The predicted molar refractivity (Wildman–Crippen MR) is 82.9 cm³/mol. The second-order valence-corrected chi connectivity index (χ2v) is 7.22. The largest absolute Gasteiger partial charge is 0.351 e. The summed E-state index contributed by atoms with van der Waals surface area (Å²) in [7, 11) is 1.86. The second kappa shape index (κ2) is 5.79. The number of nitrogens with zero attached hydrogens (tertiary/aromatic N) is 1. The van der Waals surface area contributed by atoms with Gasteiger partial charge in [0.1, 0.15) is 0 Å². The molecule has 1 aliphatic heterocycles. The zero-order valence-corrected chi connectivity index (χ0v) is 13.2. The summed E-state index contributed by atoms with van der Waals surface area (Å²) in [5.74, 6) is 0.323. The monoisotopic (exact) mass is 306 g/mol. The molecular weight excluding hydrogens is 284 g/mol. The first kappa shape index (κ1) is 14.6. The number of hydrogen-bond donors (Lipinski definition) is 1. The molecule has 2 amide bonds. The van der Waals surface area contributed by atoms with Crippen LogP contribution in [0, 0.1) is 5.41 Å². The number of amides is 2. The molecule has 2 fully saturated rings. The molecule has 2 aliphatic rings. The van der Waals surface area contributed by atoms with Gasteiger partial charge in [-0.1, -0.05) is 18.9 Å². The molecule has 5 heteroatoms. The molecule has 21 heavy (non-hydrogen) atoms. The van der Waals surface area contributed by atoms with Gasteiger partial charge in [0.25, 0.3) is 0 Å². The van der Waals surface area contributed by atoms with Crippen LogP contribution in [0.25, 0.3) is 0 Å². The van der Waals surface area contributed by atoms with Crippen LogP contribution in [0.2, 0.25) is 0 Å². The van der Waals surface area contributed by atoms with Crippen LogP contribution in [0.3, 0.4) is 0 Å². The number of carbonyl (C=O) groups excluding carboxylic acids is 2. The van der Waals surface area contributed by atoms with Crippen LogP contribution in [0.15, 0.2) is 17.5 Å². The molecule has 1 saturated carbocycles. The third-order valence-corrected chi connectivity index (χ3v) is 5.97. The van der Waals surface area contributed by atoms with Gasteiger partial charge in [-0.05, 0) is 30.7 Å². The Kier molecular flexibility index (Phi) is 4.02. The van der Waals surface area contributed by atoms with Crippen molar-refractivity contribution in [3.8, 4) is 0 Å². The molecule has 0 aromatic carbocycles. The zero-order chi connectivity index (χ0) is 14.9. The van der Waals surface area contributed by atoms with Crippen LogP contribution in [-0.2, 0) is 16.1 Å². The molecule has 3 rings (SSSR count). The number of likely N-dealkylation sites (tertiary alicyclic amines) is 1. The van der Waals surface area contributed by atoms with Gasteiger partial charge >= 0.3 is 0 Å². The number of nitrogens with one attached hydrogen (secondary N) is 1. The molecule has 1 N–H and O–H groups in total. The molecule has 2 heterocycles. The molecule has 1 saturated heterocycles. The molecule has 1 aliphatic carbocycles. The van der Waals surface area contributed by atoms with Crippen molar-refractivity contribution >= 4 is 23.2 Å². The summed E-state index contributed by atoms with van der Waals surface area (Å²) < 4.78 is 0. The van der Waals surface area contributed by atoms with Crippen molar-refractivity contribution < 1.29 is 9.59 Å². The minimum absolute atomic E-state index is 0.0795. The van der Waals surface area contributed by atoms with E-state index in [0.29, 0.717) is 19.4 Å². The molecule has 1 aromatic rings. The number of fused-ring (bicyclic) bond motifs is 1. The summed E-state index contributed by atoms with van der Waals surface area (Å²) in [6, 6.07) is 4.12. The van der Waals surface area contributed by atoms with E-state index < -0.39 is 0 Å². The molecule has 114 valence electrons. The zero-order valence-electron chi connectivity index (χ0n) is 12.4. The smallest absolute Gasteiger partial charge is 0.228 e. The lowest BCUT2D eigenvalue weighted by molar-refractivity contribution is -0.153. The van der Waals surface area contributed by atoms with E-state index in [4.69, 9.17) is 0 Å². The number of piperidine rings is 1. The van der Waals surface area contributed by atoms with E-state index in [1.807, 2.05) is 29.5 Å². The molecule has 0 radical (unpaired) electrons. The molecule has 1 aromatic heterocycles. The first-order chi connectivity index (χ1) is 10.1. The minimum atomic E-state index is -0.363. The quantitative estimate of drug-likeness (QED) is 0.933. The summed E-state index contributed by atoms with van der Waals surface area (Å²) in [5, 5.41) is 5.14. The summed E-state index contributed by atoms with van der Waals surface area (Å²) in [5.41, 5.74) is -0.363. The van der Waals surface area contributed by atoms with E-state index in [1.54, 1.807) is 11.3 Å². The van der Waals surface area contributed by atoms with Gasteiger partial charge in [0.2, 0.25) is 11.8 Å². The van der Waals surface area contributed by atoms with Crippen molar-refractivity contribution in [3.63, 3.8) is 0 Å².